The molecule has 0 N–H and O–H groups in total. The number of hydrogen-bond acceptors (Lipinski definition) is 7. The SMILES string of the molecule is Cc1c(COc2cc(OCc3cncc(C#N)c3)c(C=O)cc2Cl)cccc1-c1cccc(-c2ccc3c(cnn3CC=O)c2)c1C. The van der Waals surface area contributed by atoms with Crippen LogP contribution in [0.3, 0.4) is 0 Å². The average molecular weight is 641 g/mol. The number of ether oxygens (including phenoxy) is 2. The molecule has 6 aromatic rings. The second-order valence-corrected chi connectivity index (χ2v) is 11.5. The lowest BCUT2D eigenvalue weighted by Crippen LogP contribution is -2.03. The van der Waals surface area contributed by atoms with Crippen LogP contribution in [0.1, 0.15) is 38.2 Å². The minimum atomic E-state index is 0.113. The fraction of sp³-hybridized carbons (Fsp3) is 0.132. The molecule has 2 heterocycles. The molecule has 0 bridgehead atoms. The number of nitrogens with zero attached hydrogens (tertiary/aromatic N) is 4. The van der Waals surface area contributed by atoms with Crippen LogP contribution in [0.5, 0.6) is 11.5 Å². The molecule has 2 aromatic heterocycles. The number of aldehydes is 2. The number of nitriles is 1. The molecule has 0 spiro atoms. The molecule has 0 unspecified atom stereocenters. The van der Waals surface area contributed by atoms with E-state index in [4.69, 9.17) is 26.3 Å². The van der Waals surface area contributed by atoms with Gasteiger partial charge >= 0.3 is 0 Å². The summed E-state index contributed by atoms with van der Waals surface area (Å²) in [6, 6.07) is 25.4. The minimum absolute atomic E-state index is 0.113. The van der Waals surface area contributed by atoms with Gasteiger partial charge < -0.3 is 14.3 Å². The molecule has 9 heteroatoms. The molecule has 0 aliphatic rings. The zero-order chi connectivity index (χ0) is 32.9. The highest BCUT2D eigenvalue weighted by Gasteiger charge is 2.16. The normalized spacial score (nSPS) is 10.9. The Morgan fingerprint density at radius 1 is 0.851 bits per heavy atom. The molecule has 0 aliphatic heterocycles. The third kappa shape index (κ3) is 6.48. The lowest BCUT2D eigenvalue weighted by molar-refractivity contribution is -0.108. The number of fused-ring (bicyclic) bond motifs is 1. The van der Waals surface area contributed by atoms with Gasteiger partial charge in [0.05, 0.1) is 34.4 Å². The molecule has 0 atom stereocenters. The van der Waals surface area contributed by atoms with Gasteiger partial charge in [-0.25, -0.2) is 0 Å². The molecule has 8 nitrogen and oxygen atoms in total. The summed E-state index contributed by atoms with van der Waals surface area (Å²) in [5.41, 5.74) is 9.88. The van der Waals surface area contributed by atoms with Gasteiger partial charge in [-0.05, 0) is 77.1 Å². The van der Waals surface area contributed by atoms with Crippen LogP contribution in [0.25, 0.3) is 33.2 Å². The van der Waals surface area contributed by atoms with Gasteiger partial charge in [0.25, 0.3) is 0 Å². The Morgan fingerprint density at radius 3 is 2.40 bits per heavy atom. The van der Waals surface area contributed by atoms with E-state index in [1.807, 2.05) is 18.2 Å². The number of carbonyl (C=O) groups is 2. The van der Waals surface area contributed by atoms with Crippen LogP contribution in [-0.4, -0.2) is 27.3 Å². The predicted octanol–water partition coefficient (Wildman–Crippen LogP) is 8.08. The van der Waals surface area contributed by atoms with Crippen molar-refractivity contribution in [2.45, 2.75) is 33.6 Å². The Labute approximate surface area is 276 Å². The minimum Gasteiger partial charge on any atom is -0.488 e. The van der Waals surface area contributed by atoms with Crippen molar-refractivity contribution in [1.82, 2.24) is 14.8 Å². The molecule has 0 aliphatic carbocycles. The fourth-order valence-electron chi connectivity index (χ4n) is 5.66. The highest BCUT2D eigenvalue weighted by Crippen LogP contribution is 2.37. The highest BCUT2D eigenvalue weighted by atomic mass is 35.5. The Bertz CT molecular complexity index is 2180. The molecule has 0 radical (unpaired) electrons. The lowest BCUT2D eigenvalue weighted by atomic mass is 9.89. The van der Waals surface area contributed by atoms with Crippen molar-refractivity contribution in [2.75, 3.05) is 0 Å². The van der Waals surface area contributed by atoms with E-state index in [0.29, 0.717) is 33.9 Å². The summed E-state index contributed by atoms with van der Waals surface area (Å²) in [5.74, 6) is 0.694. The quantitative estimate of drug-likeness (QED) is 0.132. The van der Waals surface area contributed by atoms with Gasteiger partial charge in [0, 0.05) is 29.4 Å². The number of benzene rings is 4. The van der Waals surface area contributed by atoms with E-state index in [9.17, 15) is 9.59 Å². The molecule has 0 amide bonds. The first-order chi connectivity index (χ1) is 22.9. The zero-order valence-electron chi connectivity index (χ0n) is 25.7. The number of carbonyl (C=O) groups excluding carboxylic acids is 2. The second-order valence-electron chi connectivity index (χ2n) is 11.0. The van der Waals surface area contributed by atoms with Crippen LogP contribution >= 0.6 is 11.6 Å². The van der Waals surface area contributed by atoms with E-state index in [1.54, 1.807) is 29.2 Å². The molecule has 6 rings (SSSR count). The van der Waals surface area contributed by atoms with Crippen LogP contribution < -0.4 is 9.47 Å². The summed E-state index contributed by atoms with van der Waals surface area (Å²) in [4.78, 5) is 26.9. The second kappa shape index (κ2) is 13.7. The van der Waals surface area contributed by atoms with E-state index >= 15 is 0 Å². The first-order valence-electron chi connectivity index (χ1n) is 14.9. The molecule has 4 aromatic carbocycles. The van der Waals surface area contributed by atoms with Crippen LogP contribution in [0.4, 0.5) is 0 Å². The van der Waals surface area contributed by atoms with Crippen molar-refractivity contribution >= 4 is 35.1 Å². The van der Waals surface area contributed by atoms with Crippen molar-refractivity contribution in [3.05, 3.63) is 130 Å². The third-order valence-electron chi connectivity index (χ3n) is 8.16. The van der Waals surface area contributed by atoms with Gasteiger partial charge in [-0.15, -0.1) is 0 Å². The predicted molar refractivity (Wildman–Crippen MR) is 181 cm³/mol. The smallest absolute Gasteiger partial charge is 0.153 e. The zero-order valence-corrected chi connectivity index (χ0v) is 26.5. The summed E-state index contributed by atoms with van der Waals surface area (Å²) in [5, 5.41) is 14.8. The number of hydrogen-bond donors (Lipinski definition) is 0. The van der Waals surface area contributed by atoms with Gasteiger partial charge in [0.15, 0.2) is 6.29 Å². The molecule has 0 saturated carbocycles. The first-order valence-corrected chi connectivity index (χ1v) is 15.2. The van der Waals surface area contributed by atoms with Gasteiger partial charge in [-0.1, -0.05) is 54.1 Å². The van der Waals surface area contributed by atoms with Crippen LogP contribution in [0.2, 0.25) is 5.02 Å². The van der Waals surface area contributed by atoms with E-state index in [-0.39, 0.29) is 25.3 Å². The first kappa shape index (κ1) is 31.2. The average Bonchev–Trinajstić information content (AvgIpc) is 3.50. The number of aromatic nitrogens is 3. The Hall–Kier alpha value is -5.78. The maximum Gasteiger partial charge on any atom is 0.153 e. The van der Waals surface area contributed by atoms with Gasteiger partial charge in [-0.3, -0.25) is 14.5 Å². The molecule has 0 fully saturated rings. The van der Waals surface area contributed by atoms with Crippen molar-refractivity contribution < 1.29 is 19.1 Å². The van der Waals surface area contributed by atoms with Crippen molar-refractivity contribution in [3.63, 3.8) is 0 Å². The summed E-state index contributed by atoms with van der Waals surface area (Å²) < 4.78 is 13.8. The number of pyridine rings is 1. The third-order valence-corrected chi connectivity index (χ3v) is 8.46. The van der Waals surface area contributed by atoms with Crippen LogP contribution in [0.15, 0.2) is 91.4 Å². The van der Waals surface area contributed by atoms with Crippen molar-refractivity contribution in [3.8, 4) is 39.8 Å². The van der Waals surface area contributed by atoms with Gasteiger partial charge in [0.2, 0.25) is 0 Å². The van der Waals surface area contributed by atoms with Crippen LogP contribution in [-0.2, 0) is 24.6 Å². The van der Waals surface area contributed by atoms with Gasteiger partial charge in [0.1, 0.15) is 37.1 Å². The molecule has 0 saturated heterocycles. The molecule has 232 valence electrons. The Kier molecular flexibility index (Phi) is 9.09. The maximum atomic E-state index is 11.8. The van der Waals surface area contributed by atoms with Crippen LogP contribution in [0, 0.1) is 25.2 Å². The number of rotatable bonds is 11. The molecule has 47 heavy (non-hydrogen) atoms. The monoisotopic (exact) mass is 640 g/mol. The van der Waals surface area contributed by atoms with Gasteiger partial charge in [-0.2, -0.15) is 10.4 Å². The van der Waals surface area contributed by atoms with Crippen molar-refractivity contribution in [1.29, 1.82) is 5.26 Å². The molecular weight excluding hydrogens is 612 g/mol. The topological polar surface area (TPSA) is 107 Å². The van der Waals surface area contributed by atoms with Crippen molar-refractivity contribution in [2.24, 2.45) is 0 Å². The largest absolute Gasteiger partial charge is 0.488 e. The summed E-state index contributed by atoms with van der Waals surface area (Å²) >= 11 is 6.51. The Balaban J connectivity index is 1.24. The standard InChI is InChI=1S/C38H29ClN4O4/c1-24-29(23-47-38-16-37(31(21-45)15-35(38)39)46-22-27-13-26(17-40)18-41-19-27)5-3-7-33(24)34-8-4-6-32(25(34)2)28-9-10-36-30(14-28)20-42-43(36)11-12-44/h3-10,12-16,18-21H,11,22-23H2,1-2H3. The summed E-state index contributed by atoms with van der Waals surface area (Å²) in [6.07, 6.45) is 6.39. The summed E-state index contributed by atoms with van der Waals surface area (Å²) in [6.45, 7) is 4.77. The maximum absolute atomic E-state index is 11.8. The number of halogens is 1. The molecular formula is C38H29ClN4O4. The van der Waals surface area contributed by atoms with E-state index in [1.165, 1.54) is 12.3 Å². The van der Waals surface area contributed by atoms with E-state index in [2.05, 4.69) is 66.4 Å². The lowest BCUT2D eigenvalue weighted by Gasteiger charge is -2.17. The highest BCUT2D eigenvalue weighted by molar-refractivity contribution is 6.32. The summed E-state index contributed by atoms with van der Waals surface area (Å²) in [7, 11) is 0. The van der Waals surface area contributed by atoms with E-state index < -0.39 is 0 Å². The van der Waals surface area contributed by atoms with E-state index in [0.717, 1.165) is 56.1 Å². The Morgan fingerprint density at radius 2 is 1.62 bits per heavy atom. The fourth-order valence-corrected chi connectivity index (χ4v) is 5.89.